The molecule has 0 bridgehead atoms. The summed E-state index contributed by atoms with van der Waals surface area (Å²) in [5.41, 5.74) is 3.34. The molecule has 0 saturated carbocycles. The van der Waals surface area contributed by atoms with Gasteiger partial charge in [-0.1, -0.05) is 35.9 Å². The number of halogens is 1. The van der Waals surface area contributed by atoms with Crippen molar-refractivity contribution in [2.24, 2.45) is 0 Å². The van der Waals surface area contributed by atoms with Crippen LogP contribution in [0.5, 0.6) is 5.75 Å². The molecule has 0 aliphatic heterocycles. The summed E-state index contributed by atoms with van der Waals surface area (Å²) >= 11 is 6.17. The van der Waals surface area contributed by atoms with Crippen LogP contribution in [0.4, 0.5) is 5.69 Å². The molecular weight excluding hydrogens is 286 g/mol. The van der Waals surface area contributed by atoms with Gasteiger partial charge < -0.3 is 14.8 Å². The minimum atomic E-state index is 0.610. The molecule has 2 aromatic rings. The van der Waals surface area contributed by atoms with Crippen molar-refractivity contribution >= 4 is 17.3 Å². The Morgan fingerprint density at radius 1 is 1.10 bits per heavy atom. The standard InChI is InChI=1S/C17H20ClNO2/c1-3-21-17-8-7-15(10-16(17)18)19-11-13-5-4-6-14(9-13)12-20-2/h4-10,19H,3,11-12H2,1-2H3. The van der Waals surface area contributed by atoms with Crippen molar-refractivity contribution in [2.45, 2.75) is 20.1 Å². The molecule has 0 aliphatic carbocycles. The summed E-state index contributed by atoms with van der Waals surface area (Å²) in [7, 11) is 1.70. The Hall–Kier alpha value is -1.71. The first-order valence-corrected chi connectivity index (χ1v) is 7.33. The van der Waals surface area contributed by atoms with Gasteiger partial charge in [0.25, 0.3) is 0 Å². The van der Waals surface area contributed by atoms with Gasteiger partial charge in [-0.2, -0.15) is 0 Å². The van der Waals surface area contributed by atoms with E-state index in [2.05, 4.69) is 23.5 Å². The maximum absolute atomic E-state index is 6.17. The lowest BCUT2D eigenvalue weighted by atomic mass is 10.1. The molecule has 0 spiro atoms. The predicted molar refractivity (Wildman–Crippen MR) is 87.1 cm³/mol. The van der Waals surface area contributed by atoms with Crippen molar-refractivity contribution in [3.8, 4) is 5.75 Å². The van der Waals surface area contributed by atoms with Crippen molar-refractivity contribution in [1.29, 1.82) is 0 Å². The zero-order valence-electron chi connectivity index (χ0n) is 12.4. The van der Waals surface area contributed by atoms with Crippen molar-refractivity contribution < 1.29 is 9.47 Å². The Labute approximate surface area is 130 Å². The second kappa shape index (κ2) is 7.91. The third kappa shape index (κ3) is 4.66. The minimum absolute atomic E-state index is 0.610. The van der Waals surface area contributed by atoms with Crippen molar-refractivity contribution in [1.82, 2.24) is 0 Å². The van der Waals surface area contributed by atoms with Gasteiger partial charge in [-0.3, -0.25) is 0 Å². The second-order valence-electron chi connectivity index (χ2n) is 4.68. The number of anilines is 1. The monoisotopic (exact) mass is 305 g/mol. The van der Waals surface area contributed by atoms with E-state index in [1.165, 1.54) is 11.1 Å². The van der Waals surface area contributed by atoms with E-state index in [0.717, 1.165) is 12.2 Å². The zero-order chi connectivity index (χ0) is 15.1. The summed E-state index contributed by atoms with van der Waals surface area (Å²) in [5, 5.41) is 3.98. The van der Waals surface area contributed by atoms with E-state index < -0.39 is 0 Å². The fraction of sp³-hybridized carbons (Fsp3) is 0.294. The molecule has 0 amide bonds. The topological polar surface area (TPSA) is 30.5 Å². The molecule has 0 aromatic heterocycles. The molecular formula is C17H20ClNO2. The molecule has 0 atom stereocenters. The first kappa shape index (κ1) is 15.7. The molecule has 0 unspecified atom stereocenters. The largest absolute Gasteiger partial charge is 0.492 e. The van der Waals surface area contributed by atoms with E-state index in [1.807, 2.05) is 31.2 Å². The quantitative estimate of drug-likeness (QED) is 0.817. The highest BCUT2D eigenvalue weighted by molar-refractivity contribution is 6.32. The Balaban J connectivity index is 1.99. The van der Waals surface area contributed by atoms with Crippen LogP contribution in [0.15, 0.2) is 42.5 Å². The van der Waals surface area contributed by atoms with Gasteiger partial charge in [0.1, 0.15) is 5.75 Å². The van der Waals surface area contributed by atoms with Crippen LogP contribution in [-0.2, 0) is 17.9 Å². The zero-order valence-corrected chi connectivity index (χ0v) is 13.1. The van der Waals surface area contributed by atoms with E-state index in [9.17, 15) is 0 Å². The average molecular weight is 306 g/mol. The Morgan fingerprint density at radius 2 is 1.90 bits per heavy atom. The molecule has 2 aromatic carbocycles. The van der Waals surface area contributed by atoms with E-state index in [-0.39, 0.29) is 0 Å². The molecule has 1 N–H and O–H groups in total. The van der Waals surface area contributed by atoms with Gasteiger partial charge in [0.15, 0.2) is 0 Å². The highest BCUT2D eigenvalue weighted by atomic mass is 35.5. The van der Waals surface area contributed by atoms with Gasteiger partial charge in [0.2, 0.25) is 0 Å². The summed E-state index contributed by atoms with van der Waals surface area (Å²) in [6.07, 6.45) is 0. The SMILES string of the molecule is CCOc1ccc(NCc2cccc(COC)c2)cc1Cl. The fourth-order valence-corrected chi connectivity index (χ4v) is 2.32. The van der Waals surface area contributed by atoms with E-state index in [0.29, 0.717) is 24.0 Å². The third-order valence-corrected chi connectivity index (χ3v) is 3.33. The molecule has 21 heavy (non-hydrogen) atoms. The highest BCUT2D eigenvalue weighted by Gasteiger charge is 2.03. The number of hydrogen-bond acceptors (Lipinski definition) is 3. The first-order chi connectivity index (χ1) is 10.2. The van der Waals surface area contributed by atoms with Crippen LogP contribution >= 0.6 is 11.6 Å². The van der Waals surface area contributed by atoms with Crippen LogP contribution in [0.2, 0.25) is 5.02 Å². The van der Waals surface area contributed by atoms with E-state index in [4.69, 9.17) is 21.1 Å². The molecule has 0 heterocycles. The number of hydrogen-bond donors (Lipinski definition) is 1. The van der Waals surface area contributed by atoms with Crippen LogP contribution in [0.1, 0.15) is 18.1 Å². The molecule has 112 valence electrons. The molecule has 3 nitrogen and oxygen atoms in total. The molecule has 0 aliphatic rings. The molecule has 0 radical (unpaired) electrons. The fourth-order valence-electron chi connectivity index (χ4n) is 2.08. The van der Waals surface area contributed by atoms with Crippen LogP contribution in [-0.4, -0.2) is 13.7 Å². The van der Waals surface area contributed by atoms with Gasteiger partial charge in [0, 0.05) is 19.3 Å². The van der Waals surface area contributed by atoms with Gasteiger partial charge in [-0.25, -0.2) is 0 Å². The van der Waals surface area contributed by atoms with Crippen molar-refractivity contribution in [2.75, 3.05) is 19.0 Å². The van der Waals surface area contributed by atoms with Gasteiger partial charge in [0.05, 0.1) is 18.2 Å². The van der Waals surface area contributed by atoms with Gasteiger partial charge >= 0.3 is 0 Å². The molecule has 4 heteroatoms. The maximum atomic E-state index is 6.17. The molecule has 2 rings (SSSR count). The van der Waals surface area contributed by atoms with Gasteiger partial charge in [-0.15, -0.1) is 0 Å². The number of nitrogens with one attached hydrogen (secondary N) is 1. The summed E-state index contributed by atoms with van der Waals surface area (Å²) in [6, 6.07) is 14.0. The van der Waals surface area contributed by atoms with E-state index >= 15 is 0 Å². The van der Waals surface area contributed by atoms with E-state index in [1.54, 1.807) is 7.11 Å². The summed E-state index contributed by atoms with van der Waals surface area (Å²) in [5.74, 6) is 0.715. The summed E-state index contributed by atoms with van der Waals surface area (Å²) in [6.45, 7) is 3.92. The van der Waals surface area contributed by atoms with Crippen molar-refractivity contribution in [3.63, 3.8) is 0 Å². The molecule has 0 saturated heterocycles. The Bertz CT molecular complexity index is 587. The first-order valence-electron chi connectivity index (χ1n) is 6.96. The smallest absolute Gasteiger partial charge is 0.138 e. The minimum Gasteiger partial charge on any atom is -0.492 e. The van der Waals surface area contributed by atoms with Crippen LogP contribution in [0.25, 0.3) is 0 Å². The number of benzene rings is 2. The third-order valence-electron chi connectivity index (χ3n) is 3.03. The van der Waals surface area contributed by atoms with Gasteiger partial charge in [-0.05, 0) is 36.2 Å². The van der Waals surface area contributed by atoms with Crippen molar-refractivity contribution in [3.05, 3.63) is 58.6 Å². The lowest BCUT2D eigenvalue weighted by Crippen LogP contribution is -2.01. The Morgan fingerprint density at radius 3 is 2.62 bits per heavy atom. The maximum Gasteiger partial charge on any atom is 0.138 e. The second-order valence-corrected chi connectivity index (χ2v) is 5.09. The number of rotatable bonds is 7. The van der Waals surface area contributed by atoms with Crippen LogP contribution < -0.4 is 10.1 Å². The molecule has 0 fully saturated rings. The Kier molecular flexibility index (Phi) is 5.90. The van der Waals surface area contributed by atoms with Crippen LogP contribution in [0.3, 0.4) is 0 Å². The average Bonchev–Trinajstić information content (AvgIpc) is 2.49. The normalized spacial score (nSPS) is 10.4. The predicted octanol–water partition coefficient (Wildman–Crippen LogP) is 4.50. The highest BCUT2D eigenvalue weighted by Crippen LogP contribution is 2.27. The lowest BCUT2D eigenvalue weighted by molar-refractivity contribution is 0.185. The number of methoxy groups -OCH3 is 1. The lowest BCUT2D eigenvalue weighted by Gasteiger charge is -2.10. The summed E-state index contributed by atoms with van der Waals surface area (Å²) < 4.78 is 10.6. The number of ether oxygens (including phenoxy) is 2. The van der Waals surface area contributed by atoms with Crippen LogP contribution in [0, 0.1) is 0 Å². The summed E-state index contributed by atoms with van der Waals surface area (Å²) in [4.78, 5) is 0.